The van der Waals surface area contributed by atoms with Crippen LogP contribution in [0.2, 0.25) is 0 Å². The summed E-state index contributed by atoms with van der Waals surface area (Å²) in [6, 6.07) is 22.8. The molecule has 1 N–H and O–H groups in total. The maximum atomic E-state index is 14.7. The van der Waals surface area contributed by atoms with Crippen molar-refractivity contribution in [2.75, 3.05) is 0 Å². The van der Waals surface area contributed by atoms with Crippen LogP contribution in [-0.2, 0) is 27.1 Å². The van der Waals surface area contributed by atoms with E-state index < -0.39 is 28.6 Å². The first-order valence-electron chi connectivity index (χ1n) is 12.8. The second kappa shape index (κ2) is 10.6. The lowest BCUT2D eigenvalue weighted by molar-refractivity contribution is -0.162. The summed E-state index contributed by atoms with van der Waals surface area (Å²) in [7, 11) is 0. The third-order valence-corrected chi connectivity index (χ3v) is 8.93. The van der Waals surface area contributed by atoms with Gasteiger partial charge in [-0.3, -0.25) is 0 Å². The van der Waals surface area contributed by atoms with E-state index in [2.05, 4.69) is 4.98 Å². The van der Waals surface area contributed by atoms with Crippen molar-refractivity contribution in [3.63, 3.8) is 0 Å². The molecule has 0 amide bonds. The van der Waals surface area contributed by atoms with Gasteiger partial charge in [0.15, 0.2) is 10.6 Å². The van der Waals surface area contributed by atoms with Crippen LogP contribution in [0.25, 0.3) is 27.5 Å². The summed E-state index contributed by atoms with van der Waals surface area (Å²) in [5, 5.41) is 15.4. The first kappa shape index (κ1) is 28.0. The average molecular weight is 610 g/mol. The Hall–Kier alpha value is -4.13. The van der Waals surface area contributed by atoms with Crippen LogP contribution in [-0.4, -0.2) is 36.6 Å². The van der Waals surface area contributed by atoms with Gasteiger partial charge in [0.25, 0.3) is 0 Å². The number of carbonyl (C=O) groups is 1. The SMILES string of the molecule is O=C(O)c1csc(-n2nc(-c3cccc(-c4ccccc4)c3)c(Cc3ccc([SH+](=O)[O-])cc3)c2C2(C(F)(F)F)CC2)n1. The van der Waals surface area contributed by atoms with E-state index in [9.17, 15) is 31.8 Å². The topological polar surface area (TPSA) is 108 Å². The van der Waals surface area contributed by atoms with Gasteiger partial charge < -0.3 is 9.66 Å². The number of rotatable bonds is 8. The minimum Gasteiger partial charge on any atom is -0.612 e. The first-order valence-corrected chi connectivity index (χ1v) is 14.9. The number of nitrogens with zero attached hydrogens (tertiary/aromatic N) is 3. The van der Waals surface area contributed by atoms with Gasteiger partial charge in [0, 0.05) is 22.9 Å². The molecule has 0 bridgehead atoms. The maximum absolute atomic E-state index is 14.7. The van der Waals surface area contributed by atoms with Crippen molar-refractivity contribution in [2.24, 2.45) is 0 Å². The van der Waals surface area contributed by atoms with E-state index in [0.29, 0.717) is 22.4 Å². The van der Waals surface area contributed by atoms with Gasteiger partial charge in [0.1, 0.15) is 5.41 Å². The molecule has 1 saturated carbocycles. The number of thiol groups is 1. The number of halogens is 3. The summed E-state index contributed by atoms with van der Waals surface area (Å²) < 4.78 is 68.2. The summed E-state index contributed by atoms with van der Waals surface area (Å²) in [5.74, 6) is -1.30. The minimum absolute atomic E-state index is 0.0170. The lowest BCUT2D eigenvalue weighted by Crippen LogP contribution is -2.32. The number of alkyl halides is 3. The molecule has 1 aliphatic carbocycles. The van der Waals surface area contributed by atoms with Gasteiger partial charge in [-0.1, -0.05) is 60.7 Å². The Kier molecular flexibility index (Phi) is 7.08. The molecule has 7 nitrogen and oxygen atoms in total. The van der Waals surface area contributed by atoms with E-state index in [1.165, 1.54) is 17.5 Å². The van der Waals surface area contributed by atoms with E-state index in [-0.39, 0.29) is 40.7 Å². The Morgan fingerprint density at radius 1 is 1.00 bits per heavy atom. The molecule has 0 radical (unpaired) electrons. The summed E-state index contributed by atoms with van der Waals surface area (Å²) in [4.78, 5) is 15.8. The lowest BCUT2D eigenvalue weighted by atomic mass is 9.90. The Labute approximate surface area is 244 Å². The highest BCUT2D eigenvalue weighted by Crippen LogP contribution is 2.61. The van der Waals surface area contributed by atoms with Crippen LogP contribution in [0.3, 0.4) is 0 Å². The van der Waals surface area contributed by atoms with Gasteiger partial charge in [-0.05, 0) is 47.7 Å². The zero-order valence-corrected chi connectivity index (χ0v) is 23.4. The predicted octanol–water partition coefficient (Wildman–Crippen LogP) is 6.73. The number of thiazole rings is 1. The molecule has 1 atom stereocenters. The van der Waals surface area contributed by atoms with Gasteiger partial charge in [-0.2, -0.15) is 18.3 Å². The largest absolute Gasteiger partial charge is 0.612 e. The predicted molar refractivity (Wildman–Crippen MR) is 152 cm³/mol. The van der Waals surface area contributed by atoms with E-state index in [1.807, 2.05) is 48.5 Å². The molecule has 42 heavy (non-hydrogen) atoms. The molecule has 1 aliphatic rings. The van der Waals surface area contributed by atoms with Crippen molar-refractivity contribution < 1.29 is 31.8 Å². The zero-order valence-electron chi connectivity index (χ0n) is 21.7. The van der Waals surface area contributed by atoms with Crippen LogP contribution in [0.5, 0.6) is 0 Å². The van der Waals surface area contributed by atoms with Crippen LogP contribution < -0.4 is 0 Å². The molecule has 6 rings (SSSR count). The van der Waals surface area contributed by atoms with Crippen LogP contribution in [0, 0.1) is 0 Å². The maximum Gasteiger partial charge on any atom is 0.399 e. The van der Waals surface area contributed by atoms with Crippen molar-refractivity contribution in [2.45, 2.75) is 35.7 Å². The monoisotopic (exact) mass is 609 g/mol. The molecular weight excluding hydrogens is 587 g/mol. The van der Waals surface area contributed by atoms with Crippen molar-refractivity contribution in [3.05, 3.63) is 107 Å². The standard InChI is InChI=1S/C30H22F3N3O4S2/c31-30(32,33)29(13-14-29)26-23(15-18-9-11-22(12-10-18)42(39)40)25(35-36(26)28-34-24(17-41-28)27(37)38)21-8-4-7-20(16-21)19-5-2-1-3-6-19/h1-12,16-17,42H,13-15H2,(H-,37,38,39,40). The Morgan fingerprint density at radius 2 is 1.67 bits per heavy atom. The van der Waals surface area contributed by atoms with Gasteiger partial charge in [0.05, 0.1) is 22.5 Å². The summed E-state index contributed by atoms with van der Waals surface area (Å²) in [6.45, 7) is 0. The van der Waals surface area contributed by atoms with E-state index in [4.69, 9.17) is 5.10 Å². The molecule has 1 fully saturated rings. The van der Waals surface area contributed by atoms with Gasteiger partial charge in [-0.15, -0.1) is 15.5 Å². The molecule has 0 spiro atoms. The van der Waals surface area contributed by atoms with Crippen molar-refractivity contribution in [1.82, 2.24) is 14.8 Å². The highest BCUT2D eigenvalue weighted by molar-refractivity contribution is 7.79. The van der Waals surface area contributed by atoms with Crippen molar-refractivity contribution in [1.29, 1.82) is 0 Å². The van der Waals surface area contributed by atoms with Gasteiger partial charge in [-0.25, -0.2) is 14.5 Å². The van der Waals surface area contributed by atoms with Crippen molar-refractivity contribution >= 4 is 28.4 Å². The normalized spacial score (nSPS) is 15.0. The number of carboxylic acid groups (broad SMARTS) is 1. The number of carboxylic acids is 1. The number of aromatic carboxylic acids is 1. The smallest absolute Gasteiger partial charge is 0.399 e. The van der Waals surface area contributed by atoms with Crippen molar-refractivity contribution in [3.8, 4) is 27.5 Å². The second-order valence-corrected chi connectivity index (χ2v) is 11.9. The van der Waals surface area contributed by atoms with E-state index in [1.54, 1.807) is 18.2 Å². The molecule has 214 valence electrons. The molecular formula is C30H22F3N3O4S2. The van der Waals surface area contributed by atoms with Gasteiger partial charge >= 0.3 is 12.1 Å². The lowest BCUT2D eigenvalue weighted by Gasteiger charge is -2.22. The number of benzene rings is 3. The van der Waals surface area contributed by atoms with Gasteiger partial charge in [0.2, 0.25) is 5.13 Å². The highest BCUT2D eigenvalue weighted by Gasteiger charge is 2.67. The molecule has 0 saturated heterocycles. The van der Waals surface area contributed by atoms with Crippen LogP contribution in [0.4, 0.5) is 13.2 Å². The minimum atomic E-state index is -4.60. The molecule has 5 aromatic rings. The number of aromatic nitrogens is 3. The van der Waals surface area contributed by atoms with E-state index in [0.717, 1.165) is 27.1 Å². The third kappa shape index (κ3) is 5.06. The number of hydrogen-bond donors (Lipinski definition) is 1. The van der Waals surface area contributed by atoms with Crippen LogP contribution in [0.1, 0.15) is 40.2 Å². The molecule has 1 unspecified atom stereocenters. The van der Waals surface area contributed by atoms with Crippen LogP contribution >= 0.6 is 11.3 Å². The summed E-state index contributed by atoms with van der Waals surface area (Å²) in [5.41, 5.74) is 1.02. The summed E-state index contributed by atoms with van der Waals surface area (Å²) >= 11 is -1.91. The number of hydrogen-bond acceptors (Lipinski definition) is 6. The fourth-order valence-electron chi connectivity index (χ4n) is 5.14. The summed E-state index contributed by atoms with van der Waals surface area (Å²) in [6.07, 6.45) is -4.86. The van der Waals surface area contributed by atoms with E-state index >= 15 is 0 Å². The Morgan fingerprint density at radius 3 is 2.26 bits per heavy atom. The molecule has 12 heteroatoms. The third-order valence-electron chi connectivity index (χ3n) is 7.39. The average Bonchev–Trinajstić information content (AvgIpc) is 3.49. The quantitative estimate of drug-likeness (QED) is 0.154. The van der Waals surface area contributed by atoms with Crippen LogP contribution in [0.15, 0.2) is 89.1 Å². The molecule has 2 aromatic heterocycles. The highest BCUT2D eigenvalue weighted by atomic mass is 32.2. The molecule has 2 heterocycles. The second-order valence-electron chi connectivity index (χ2n) is 10.0. The molecule has 0 aliphatic heterocycles. The Bertz CT molecular complexity index is 1810. The Balaban J connectivity index is 1.60. The zero-order chi connectivity index (χ0) is 29.6. The molecule has 3 aromatic carbocycles. The fraction of sp³-hybridized carbons (Fsp3) is 0.167. The first-order chi connectivity index (χ1) is 20.1. The fourth-order valence-corrected chi connectivity index (χ4v) is 6.28.